The summed E-state index contributed by atoms with van der Waals surface area (Å²) in [5, 5.41) is 11.6. The van der Waals surface area contributed by atoms with Gasteiger partial charge in [0, 0.05) is 20.8 Å². The molecule has 1 amide bonds. The second-order valence-electron chi connectivity index (χ2n) is 3.88. The van der Waals surface area contributed by atoms with Crippen LogP contribution in [0.3, 0.4) is 0 Å². The minimum atomic E-state index is -0.944. The molecule has 0 bridgehead atoms. The van der Waals surface area contributed by atoms with Gasteiger partial charge >= 0.3 is 11.9 Å². The molecule has 0 aromatic heterocycles. The number of aliphatic hydroxyl groups excluding tert-OH is 1. The zero-order valence-corrected chi connectivity index (χ0v) is 10.9. The van der Waals surface area contributed by atoms with Gasteiger partial charge in [-0.3, -0.25) is 14.4 Å². The van der Waals surface area contributed by atoms with E-state index in [0.29, 0.717) is 0 Å². The summed E-state index contributed by atoms with van der Waals surface area (Å²) in [6.45, 7) is 4.75. The summed E-state index contributed by atoms with van der Waals surface area (Å²) in [7, 11) is 0. The lowest BCUT2D eigenvalue weighted by molar-refractivity contribution is -0.167. The first kappa shape index (κ1) is 16.4. The van der Waals surface area contributed by atoms with Crippen LogP contribution in [-0.4, -0.2) is 47.8 Å². The molecule has 0 saturated carbocycles. The topological polar surface area (TPSA) is 102 Å². The van der Waals surface area contributed by atoms with Crippen LogP contribution in [0.15, 0.2) is 0 Å². The van der Waals surface area contributed by atoms with Crippen LogP contribution in [0, 0.1) is 0 Å². The number of hydrogen-bond acceptors (Lipinski definition) is 6. The third-order valence-electron chi connectivity index (χ3n) is 2.10. The van der Waals surface area contributed by atoms with Crippen LogP contribution in [0.4, 0.5) is 0 Å². The highest BCUT2D eigenvalue weighted by Gasteiger charge is 2.32. The smallest absolute Gasteiger partial charge is 0.303 e. The lowest BCUT2D eigenvalue weighted by Gasteiger charge is -2.29. The molecule has 2 N–H and O–H groups in total. The Morgan fingerprint density at radius 2 is 1.61 bits per heavy atom. The van der Waals surface area contributed by atoms with Crippen molar-refractivity contribution < 1.29 is 29.0 Å². The number of carbonyl (C=O) groups is 3. The van der Waals surface area contributed by atoms with Gasteiger partial charge in [-0.1, -0.05) is 0 Å². The molecule has 7 nitrogen and oxygen atoms in total. The SMILES string of the molecule is CC(=O)NC(CO)C(OC(C)=O)C(C)OC(C)=O. The molecule has 0 aromatic rings. The highest BCUT2D eigenvalue weighted by Crippen LogP contribution is 2.10. The molecule has 104 valence electrons. The molecule has 0 heterocycles. The van der Waals surface area contributed by atoms with Gasteiger partial charge in [0.15, 0.2) is 6.10 Å². The number of nitrogens with one attached hydrogen (secondary N) is 1. The highest BCUT2D eigenvalue weighted by atomic mass is 16.6. The second kappa shape index (κ2) is 7.65. The fraction of sp³-hybridized carbons (Fsp3) is 0.727. The van der Waals surface area contributed by atoms with Gasteiger partial charge in [0.05, 0.1) is 12.6 Å². The summed E-state index contributed by atoms with van der Waals surface area (Å²) in [4.78, 5) is 32.8. The summed E-state index contributed by atoms with van der Waals surface area (Å²) in [6.07, 6.45) is -1.73. The number of amides is 1. The molecule has 0 saturated heterocycles. The van der Waals surface area contributed by atoms with Crippen molar-refractivity contribution in [3.63, 3.8) is 0 Å². The van der Waals surface area contributed by atoms with E-state index in [-0.39, 0.29) is 5.91 Å². The van der Waals surface area contributed by atoms with Crippen LogP contribution in [-0.2, 0) is 23.9 Å². The van der Waals surface area contributed by atoms with E-state index in [4.69, 9.17) is 9.47 Å². The minimum Gasteiger partial charge on any atom is -0.459 e. The van der Waals surface area contributed by atoms with Crippen LogP contribution in [0.5, 0.6) is 0 Å². The van der Waals surface area contributed by atoms with Crippen LogP contribution in [0.2, 0.25) is 0 Å². The van der Waals surface area contributed by atoms with E-state index in [9.17, 15) is 19.5 Å². The van der Waals surface area contributed by atoms with E-state index < -0.39 is 36.8 Å². The molecule has 0 spiro atoms. The van der Waals surface area contributed by atoms with Gasteiger partial charge in [-0.25, -0.2) is 0 Å². The Morgan fingerprint density at radius 3 is 1.94 bits per heavy atom. The van der Waals surface area contributed by atoms with Crippen LogP contribution >= 0.6 is 0 Å². The van der Waals surface area contributed by atoms with Crippen molar-refractivity contribution in [1.82, 2.24) is 5.32 Å². The van der Waals surface area contributed by atoms with Gasteiger partial charge in [-0.05, 0) is 6.92 Å². The fourth-order valence-corrected chi connectivity index (χ4v) is 1.52. The third-order valence-corrected chi connectivity index (χ3v) is 2.10. The molecule has 0 radical (unpaired) electrons. The molecular formula is C11H19NO6. The van der Waals surface area contributed by atoms with E-state index in [1.54, 1.807) is 0 Å². The molecule has 0 aliphatic carbocycles. The molecule has 0 aliphatic heterocycles. The van der Waals surface area contributed by atoms with E-state index in [2.05, 4.69) is 5.32 Å². The van der Waals surface area contributed by atoms with Gasteiger partial charge < -0.3 is 19.9 Å². The Hall–Kier alpha value is -1.63. The van der Waals surface area contributed by atoms with Crippen molar-refractivity contribution in [3.05, 3.63) is 0 Å². The summed E-state index contributed by atoms with van der Waals surface area (Å²) in [5.74, 6) is -1.52. The van der Waals surface area contributed by atoms with Gasteiger partial charge in [0.1, 0.15) is 6.10 Å². The molecule has 3 atom stereocenters. The standard InChI is InChI=1S/C11H19NO6/c1-6(17-8(3)15)11(18-9(4)16)10(5-13)12-7(2)14/h6,10-11,13H,5H2,1-4H3,(H,12,14). The molecule has 18 heavy (non-hydrogen) atoms. The number of rotatable bonds is 6. The predicted octanol–water partition coefficient (Wildman–Crippen LogP) is -0.633. The summed E-state index contributed by atoms with van der Waals surface area (Å²) >= 11 is 0. The van der Waals surface area contributed by atoms with Crippen molar-refractivity contribution in [1.29, 1.82) is 0 Å². The molecular weight excluding hydrogens is 242 g/mol. The largest absolute Gasteiger partial charge is 0.459 e. The van der Waals surface area contributed by atoms with Crippen molar-refractivity contribution in [2.24, 2.45) is 0 Å². The number of aliphatic hydroxyl groups is 1. The van der Waals surface area contributed by atoms with Gasteiger partial charge in [-0.15, -0.1) is 0 Å². The predicted molar refractivity (Wildman–Crippen MR) is 61.5 cm³/mol. The highest BCUT2D eigenvalue weighted by molar-refractivity contribution is 5.73. The second-order valence-corrected chi connectivity index (χ2v) is 3.88. The average Bonchev–Trinajstić information content (AvgIpc) is 2.21. The Morgan fingerprint density at radius 1 is 1.11 bits per heavy atom. The van der Waals surface area contributed by atoms with Crippen LogP contribution < -0.4 is 5.32 Å². The molecule has 0 rings (SSSR count). The van der Waals surface area contributed by atoms with Crippen LogP contribution in [0.25, 0.3) is 0 Å². The Bertz CT molecular complexity index is 317. The lowest BCUT2D eigenvalue weighted by Crippen LogP contribution is -2.52. The summed E-state index contributed by atoms with van der Waals surface area (Å²) in [6, 6.07) is -0.833. The van der Waals surface area contributed by atoms with Gasteiger partial charge in [0.2, 0.25) is 5.91 Å². The maximum atomic E-state index is 11.0. The number of carbonyl (C=O) groups excluding carboxylic acids is 3. The monoisotopic (exact) mass is 261 g/mol. The quantitative estimate of drug-likeness (QED) is 0.617. The van der Waals surface area contributed by atoms with Crippen molar-refractivity contribution in [3.8, 4) is 0 Å². The summed E-state index contributed by atoms with van der Waals surface area (Å²) in [5.41, 5.74) is 0. The first-order chi connectivity index (χ1) is 8.27. The van der Waals surface area contributed by atoms with E-state index in [1.807, 2.05) is 0 Å². The molecule has 3 unspecified atom stereocenters. The average molecular weight is 261 g/mol. The van der Waals surface area contributed by atoms with Crippen molar-refractivity contribution in [2.45, 2.75) is 45.9 Å². The van der Waals surface area contributed by atoms with E-state index in [1.165, 1.54) is 27.7 Å². The zero-order chi connectivity index (χ0) is 14.3. The number of ether oxygens (including phenoxy) is 2. The summed E-state index contributed by atoms with van der Waals surface area (Å²) < 4.78 is 9.88. The molecule has 0 aliphatic rings. The first-order valence-electron chi connectivity index (χ1n) is 5.50. The Balaban J connectivity index is 4.86. The first-order valence-corrected chi connectivity index (χ1v) is 5.50. The zero-order valence-electron chi connectivity index (χ0n) is 10.9. The Labute approximate surface area is 105 Å². The number of esters is 2. The van der Waals surface area contributed by atoms with Gasteiger partial charge in [0.25, 0.3) is 0 Å². The maximum Gasteiger partial charge on any atom is 0.303 e. The molecule has 7 heteroatoms. The third kappa shape index (κ3) is 6.19. The lowest BCUT2D eigenvalue weighted by atomic mass is 10.1. The normalized spacial score (nSPS) is 15.2. The minimum absolute atomic E-state index is 0.388. The maximum absolute atomic E-state index is 11.0. The number of hydrogen-bond donors (Lipinski definition) is 2. The van der Waals surface area contributed by atoms with Gasteiger partial charge in [-0.2, -0.15) is 0 Å². The fourth-order valence-electron chi connectivity index (χ4n) is 1.52. The Kier molecular flexibility index (Phi) is 6.96. The van der Waals surface area contributed by atoms with E-state index in [0.717, 1.165) is 0 Å². The van der Waals surface area contributed by atoms with Crippen LogP contribution in [0.1, 0.15) is 27.7 Å². The van der Waals surface area contributed by atoms with Crippen molar-refractivity contribution in [2.75, 3.05) is 6.61 Å². The van der Waals surface area contributed by atoms with Crippen molar-refractivity contribution >= 4 is 17.8 Å². The molecule has 0 fully saturated rings. The van der Waals surface area contributed by atoms with E-state index >= 15 is 0 Å². The molecule has 0 aromatic carbocycles.